The Balaban J connectivity index is 1.54. The van der Waals surface area contributed by atoms with Gasteiger partial charge in [0.25, 0.3) is 0 Å². The first-order chi connectivity index (χ1) is 25.7. The largest absolute Gasteiger partial charge is 0.447 e. The number of carbonyl (C=O) groups excluding carboxylic acids is 4. The van der Waals surface area contributed by atoms with Crippen molar-refractivity contribution in [3.05, 3.63) is 0 Å². The van der Waals surface area contributed by atoms with Crippen LogP contribution in [0.15, 0.2) is 0 Å². The number of ether oxygens (including phenoxy) is 2. The Kier molecular flexibility index (Phi) is 15.2. The van der Waals surface area contributed by atoms with Gasteiger partial charge >= 0.3 is 18.2 Å². The Labute approximate surface area is 346 Å². The van der Waals surface area contributed by atoms with Crippen LogP contribution in [0, 0.1) is 37.9 Å². The lowest BCUT2D eigenvalue weighted by Gasteiger charge is -2.49. The molecule has 3 fully saturated rings. The van der Waals surface area contributed by atoms with Crippen molar-refractivity contribution in [2.45, 2.75) is 185 Å². The number of hydrogen-bond acceptors (Lipinski definition) is 6. The number of nitrogens with zero attached hydrogens (tertiary/aromatic N) is 1. The van der Waals surface area contributed by atoms with Crippen LogP contribution in [0.25, 0.3) is 0 Å². The van der Waals surface area contributed by atoms with Crippen molar-refractivity contribution >= 4 is 24.1 Å². The normalized spacial score (nSPS) is 31.0. The third-order valence-electron chi connectivity index (χ3n) is 12.1. The van der Waals surface area contributed by atoms with Crippen LogP contribution in [0.2, 0.25) is 0 Å². The van der Waals surface area contributed by atoms with Gasteiger partial charge in [0.2, 0.25) is 5.91 Å². The van der Waals surface area contributed by atoms with E-state index in [0.717, 1.165) is 57.8 Å². The summed E-state index contributed by atoms with van der Waals surface area (Å²) in [6.45, 7) is 34.0. The molecule has 0 aliphatic heterocycles. The zero-order valence-electron chi connectivity index (χ0n) is 39.0. The number of amides is 6. The molecule has 0 radical (unpaired) electrons. The van der Waals surface area contributed by atoms with Crippen molar-refractivity contribution in [2.75, 3.05) is 39.9 Å². The summed E-state index contributed by atoms with van der Waals surface area (Å²) in [7, 11) is 1.90. The summed E-state index contributed by atoms with van der Waals surface area (Å²) in [6, 6.07) is -0.408. The molecule has 0 bridgehead atoms. The van der Waals surface area contributed by atoms with E-state index in [2.05, 4.69) is 88.9 Å². The summed E-state index contributed by atoms with van der Waals surface area (Å²) in [6.07, 6.45) is 7.27. The first-order valence-electron chi connectivity index (χ1n) is 21.6. The number of hydrogen-bond donors (Lipinski definition) is 5. The lowest BCUT2D eigenvalue weighted by atomic mass is 9.62. The number of nitrogens with one attached hydrogen (secondary N) is 5. The number of urea groups is 2. The lowest BCUT2D eigenvalue weighted by molar-refractivity contribution is -0.140. The Morgan fingerprint density at radius 2 is 0.982 bits per heavy atom. The van der Waals surface area contributed by atoms with Crippen LogP contribution in [0.1, 0.15) is 162 Å². The quantitative estimate of drug-likeness (QED) is 0.125. The summed E-state index contributed by atoms with van der Waals surface area (Å²) in [5.74, 6) is 0.132. The summed E-state index contributed by atoms with van der Waals surface area (Å²) < 4.78 is 11.0. The van der Waals surface area contributed by atoms with Gasteiger partial charge in [0.05, 0.1) is 12.2 Å². The Bertz CT molecular complexity index is 1420. The fourth-order valence-corrected chi connectivity index (χ4v) is 11.6. The zero-order chi connectivity index (χ0) is 43.5. The topological polar surface area (TPSA) is 150 Å². The molecule has 0 heterocycles. The molecule has 3 aliphatic carbocycles. The van der Waals surface area contributed by atoms with Crippen molar-refractivity contribution in [3.8, 4) is 0 Å². The SMILES string of the molecule is CN(CC1(C)CC(NC(=O)NC2CC(C)(C)CC(C)(CNC(=O)NC3CC(C)(C)CC(C)(CNC(=O)OCCOC(C)(C)C)C3)C2)CC(C)(C)C1)C(=O)C(C)(C)C. The molecule has 57 heavy (non-hydrogen) atoms. The molecule has 6 unspecified atom stereocenters. The monoisotopic (exact) mass is 805 g/mol. The molecule has 0 spiro atoms. The van der Waals surface area contributed by atoms with Gasteiger partial charge in [0.1, 0.15) is 6.61 Å². The van der Waals surface area contributed by atoms with Gasteiger partial charge in [-0.25, -0.2) is 14.4 Å². The molecule has 6 atom stereocenters. The molecule has 0 saturated heterocycles. The molecule has 3 aliphatic rings. The molecule has 0 aromatic carbocycles. The van der Waals surface area contributed by atoms with Crippen molar-refractivity contribution in [2.24, 2.45) is 37.9 Å². The standard InChI is InChI=1S/C45H84N6O6/c1-38(2,3)34(52)51(16)30-45(15)24-33(21-42(11,12)27-45)50-36(54)49-32-20-41(9,10)25-43(13,23-32)28-46-35(53)48-31-19-40(7,8)26-44(14,22-31)29-47-37(55)56-17-18-57-39(4,5)6/h31-33H,17-30H2,1-16H3,(H,47,55)(H2,46,48,53)(H2,49,50,54). The van der Waals surface area contributed by atoms with Crippen molar-refractivity contribution in [3.63, 3.8) is 0 Å². The average molecular weight is 805 g/mol. The summed E-state index contributed by atoms with van der Waals surface area (Å²) >= 11 is 0. The molecule has 0 aromatic heterocycles. The Hall–Kier alpha value is -2.76. The minimum Gasteiger partial charge on any atom is -0.447 e. The maximum Gasteiger partial charge on any atom is 0.407 e. The molecule has 5 N–H and O–H groups in total. The summed E-state index contributed by atoms with van der Waals surface area (Å²) in [4.78, 5) is 54.5. The van der Waals surface area contributed by atoms with E-state index in [-0.39, 0.29) is 80.8 Å². The first-order valence-corrected chi connectivity index (χ1v) is 21.6. The average Bonchev–Trinajstić information content (AvgIpc) is 2.96. The van der Waals surface area contributed by atoms with Crippen LogP contribution < -0.4 is 26.6 Å². The zero-order valence-corrected chi connectivity index (χ0v) is 39.0. The fourth-order valence-electron chi connectivity index (χ4n) is 11.6. The molecule has 330 valence electrons. The fraction of sp³-hybridized carbons (Fsp3) is 0.911. The molecule has 3 rings (SSSR count). The van der Waals surface area contributed by atoms with Crippen molar-refractivity contribution in [1.29, 1.82) is 0 Å². The minimum atomic E-state index is -0.456. The smallest absolute Gasteiger partial charge is 0.407 e. The predicted molar refractivity (Wildman–Crippen MR) is 229 cm³/mol. The van der Waals surface area contributed by atoms with Gasteiger partial charge in [-0.05, 0) is 111 Å². The van der Waals surface area contributed by atoms with E-state index >= 15 is 0 Å². The number of carbonyl (C=O) groups is 4. The molecular weight excluding hydrogens is 721 g/mol. The van der Waals surface area contributed by atoms with Crippen LogP contribution in [0.3, 0.4) is 0 Å². The van der Waals surface area contributed by atoms with E-state index in [1.165, 1.54) is 0 Å². The number of rotatable bonds is 12. The maximum absolute atomic E-state index is 13.7. The minimum absolute atomic E-state index is 0.0000486. The molecule has 12 heteroatoms. The van der Waals surface area contributed by atoms with Crippen LogP contribution >= 0.6 is 0 Å². The van der Waals surface area contributed by atoms with Crippen molar-refractivity contribution in [1.82, 2.24) is 31.5 Å². The van der Waals surface area contributed by atoms with Gasteiger partial charge in [-0.3, -0.25) is 4.79 Å². The van der Waals surface area contributed by atoms with Gasteiger partial charge in [0, 0.05) is 50.2 Å². The molecule has 6 amide bonds. The first kappa shape index (κ1) is 48.6. The molecule has 0 aromatic rings. The molecular formula is C45H84N6O6. The van der Waals surface area contributed by atoms with Gasteiger partial charge in [-0.2, -0.15) is 0 Å². The second kappa shape index (κ2) is 17.8. The highest BCUT2D eigenvalue weighted by Gasteiger charge is 2.46. The predicted octanol–water partition coefficient (Wildman–Crippen LogP) is 8.39. The van der Waals surface area contributed by atoms with E-state index in [1.54, 1.807) is 0 Å². The van der Waals surface area contributed by atoms with Gasteiger partial charge in [0.15, 0.2) is 0 Å². The Morgan fingerprint density at radius 3 is 1.42 bits per heavy atom. The van der Waals surface area contributed by atoms with Crippen LogP contribution in [-0.4, -0.2) is 92.6 Å². The van der Waals surface area contributed by atoms with Crippen molar-refractivity contribution < 1.29 is 28.7 Å². The summed E-state index contributed by atoms with van der Waals surface area (Å²) in [5, 5.41) is 16.1. The highest BCUT2D eigenvalue weighted by atomic mass is 16.6. The van der Waals surface area contributed by atoms with Crippen LogP contribution in [-0.2, 0) is 14.3 Å². The highest BCUT2D eigenvalue weighted by Crippen LogP contribution is 2.48. The number of alkyl carbamates (subject to hydrolysis) is 1. The third kappa shape index (κ3) is 16.4. The van der Waals surface area contributed by atoms with E-state index in [4.69, 9.17) is 9.47 Å². The van der Waals surface area contributed by atoms with E-state index in [1.807, 2.05) is 53.5 Å². The maximum atomic E-state index is 13.7. The van der Waals surface area contributed by atoms with Crippen LogP contribution in [0.5, 0.6) is 0 Å². The van der Waals surface area contributed by atoms with E-state index in [9.17, 15) is 19.2 Å². The Morgan fingerprint density at radius 1 is 0.579 bits per heavy atom. The highest BCUT2D eigenvalue weighted by molar-refractivity contribution is 5.81. The molecule has 3 saturated carbocycles. The van der Waals surface area contributed by atoms with Gasteiger partial charge < -0.3 is 41.0 Å². The van der Waals surface area contributed by atoms with E-state index < -0.39 is 11.5 Å². The second-order valence-electron chi connectivity index (χ2n) is 24.1. The van der Waals surface area contributed by atoms with Crippen LogP contribution in [0.4, 0.5) is 14.4 Å². The third-order valence-corrected chi connectivity index (χ3v) is 12.1. The van der Waals surface area contributed by atoms with Gasteiger partial charge in [-0.1, -0.05) is 83.1 Å². The summed E-state index contributed by atoms with van der Waals surface area (Å²) in [5.41, 5.74) is -1.31. The van der Waals surface area contributed by atoms with E-state index in [0.29, 0.717) is 26.2 Å². The second-order valence-corrected chi connectivity index (χ2v) is 24.1. The molecule has 12 nitrogen and oxygen atoms in total. The lowest BCUT2D eigenvalue weighted by Crippen LogP contribution is -2.56. The van der Waals surface area contributed by atoms with Gasteiger partial charge in [-0.15, -0.1) is 0 Å².